The van der Waals surface area contributed by atoms with Crippen LogP contribution in [0.5, 0.6) is 0 Å². The molecule has 2 aromatic carbocycles. The van der Waals surface area contributed by atoms with E-state index in [1.54, 1.807) is 42.1 Å². The van der Waals surface area contributed by atoms with E-state index < -0.39 is 0 Å². The van der Waals surface area contributed by atoms with Gasteiger partial charge < -0.3 is 5.32 Å². The Bertz CT molecular complexity index is 791. The SMILES string of the molecule is O=C1C=C(SCC(=O)Nc2ccc(Cl)cc2)S[C@@H](c2ccccc2)C1. The van der Waals surface area contributed by atoms with Crippen LogP contribution in [0.3, 0.4) is 0 Å². The maximum Gasteiger partial charge on any atom is 0.234 e. The molecule has 2 aromatic rings. The number of carbonyl (C=O) groups excluding carboxylic acids is 2. The molecule has 0 spiro atoms. The van der Waals surface area contributed by atoms with Crippen molar-refractivity contribution in [1.82, 2.24) is 0 Å². The smallest absolute Gasteiger partial charge is 0.234 e. The van der Waals surface area contributed by atoms with Crippen LogP contribution >= 0.6 is 35.1 Å². The van der Waals surface area contributed by atoms with Gasteiger partial charge in [0.25, 0.3) is 0 Å². The zero-order chi connectivity index (χ0) is 17.6. The summed E-state index contributed by atoms with van der Waals surface area (Å²) in [6, 6.07) is 17.0. The predicted molar refractivity (Wildman–Crippen MR) is 107 cm³/mol. The first-order chi connectivity index (χ1) is 12.1. The van der Waals surface area contributed by atoms with E-state index in [0.717, 1.165) is 9.80 Å². The summed E-state index contributed by atoms with van der Waals surface area (Å²) in [4.78, 5) is 24.1. The van der Waals surface area contributed by atoms with E-state index in [1.807, 2.05) is 30.3 Å². The quantitative estimate of drug-likeness (QED) is 0.753. The molecule has 1 aliphatic rings. The molecule has 1 atom stereocenters. The fourth-order valence-electron chi connectivity index (χ4n) is 2.39. The molecule has 128 valence electrons. The molecule has 0 unspecified atom stereocenters. The molecule has 1 N–H and O–H groups in total. The minimum Gasteiger partial charge on any atom is -0.325 e. The van der Waals surface area contributed by atoms with Crippen LogP contribution in [-0.2, 0) is 9.59 Å². The molecule has 1 heterocycles. The van der Waals surface area contributed by atoms with Crippen molar-refractivity contribution < 1.29 is 9.59 Å². The number of amides is 1. The third-order valence-electron chi connectivity index (χ3n) is 3.57. The molecule has 0 radical (unpaired) electrons. The number of thioether (sulfide) groups is 2. The Hall–Kier alpha value is -1.69. The molecule has 25 heavy (non-hydrogen) atoms. The standard InChI is InChI=1S/C19H16ClNO2S2/c20-14-6-8-15(9-7-14)21-18(23)12-24-19-11-16(22)10-17(25-19)13-4-2-1-3-5-13/h1-9,11,17H,10,12H2,(H,21,23)/t17-/m1/s1. The first-order valence-electron chi connectivity index (χ1n) is 7.74. The van der Waals surface area contributed by atoms with Crippen molar-refractivity contribution in [3.63, 3.8) is 0 Å². The second-order valence-electron chi connectivity index (χ2n) is 5.49. The topological polar surface area (TPSA) is 46.2 Å². The van der Waals surface area contributed by atoms with Crippen molar-refractivity contribution in [2.75, 3.05) is 11.1 Å². The summed E-state index contributed by atoms with van der Waals surface area (Å²) in [5.74, 6) is 0.257. The Kier molecular flexibility index (Phi) is 6.24. The molecule has 0 aromatic heterocycles. The highest BCUT2D eigenvalue weighted by atomic mass is 35.5. The maximum absolute atomic E-state index is 12.1. The molecular weight excluding hydrogens is 374 g/mol. The Balaban J connectivity index is 1.56. The molecule has 0 fully saturated rings. The van der Waals surface area contributed by atoms with E-state index in [-0.39, 0.29) is 22.7 Å². The minimum absolute atomic E-state index is 0.105. The number of anilines is 1. The maximum atomic E-state index is 12.1. The second-order valence-corrected chi connectivity index (χ2v) is 8.45. The highest BCUT2D eigenvalue weighted by Gasteiger charge is 2.23. The number of benzene rings is 2. The summed E-state index contributed by atoms with van der Waals surface area (Å²) in [6.45, 7) is 0. The fraction of sp³-hybridized carbons (Fsp3) is 0.158. The average Bonchev–Trinajstić information content (AvgIpc) is 2.62. The minimum atomic E-state index is -0.108. The van der Waals surface area contributed by atoms with Gasteiger partial charge in [0.1, 0.15) is 0 Å². The van der Waals surface area contributed by atoms with Gasteiger partial charge in [-0.3, -0.25) is 9.59 Å². The third kappa shape index (κ3) is 5.39. The number of halogens is 1. The van der Waals surface area contributed by atoms with Crippen LogP contribution in [0.15, 0.2) is 64.9 Å². The van der Waals surface area contributed by atoms with Gasteiger partial charge in [-0.15, -0.1) is 23.5 Å². The molecule has 1 amide bonds. The third-order valence-corrected chi connectivity index (χ3v) is 6.35. The zero-order valence-corrected chi connectivity index (χ0v) is 15.7. The first-order valence-corrected chi connectivity index (χ1v) is 9.99. The van der Waals surface area contributed by atoms with Gasteiger partial charge in [-0.25, -0.2) is 0 Å². The molecule has 0 saturated heterocycles. The van der Waals surface area contributed by atoms with Gasteiger partial charge in [0.2, 0.25) is 5.91 Å². The molecule has 0 saturated carbocycles. The van der Waals surface area contributed by atoms with E-state index in [2.05, 4.69) is 5.32 Å². The van der Waals surface area contributed by atoms with Gasteiger partial charge in [0.15, 0.2) is 5.78 Å². The first kappa shape index (κ1) is 18.1. The molecular formula is C19H16ClNO2S2. The van der Waals surface area contributed by atoms with E-state index in [4.69, 9.17) is 11.6 Å². The summed E-state index contributed by atoms with van der Waals surface area (Å²) in [7, 11) is 0. The van der Waals surface area contributed by atoms with E-state index >= 15 is 0 Å². The van der Waals surface area contributed by atoms with Gasteiger partial charge >= 0.3 is 0 Å². The zero-order valence-electron chi connectivity index (χ0n) is 13.3. The Labute approximate surface area is 160 Å². The highest BCUT2D eigenvalue weighted by Crippen LogP contribution is 2.45. The van der Waals surface area contributed by atoms with Gasteiger partial charge in [0.05, 0.1) is 5.75 Å². The van der Waals surface area contributed by atoms with Crippen molar-refractivity contribution >= 4 is 52.5 Å². The van der Waals surface area contributed by atoms with Crippen LogP contribution in [0.1, 0.15) is 17.2 Å². The number of nitrogens with one attached hydrogen (secondary N) is 1. The van der Waals surface area contributed by atoms with E-state index in [9.17, 15) is 9.59 Å². The Morgan fingerprint density at radius 2 is 1.88 bits per heavy atom. The lowest BCUT2D eigenvalue weighted by Gasteiger charge is -2.21. The lowest BCUT2D eigenvalue weighted by molar-refractivity contribution is -0.115. The summed E-state index contributed by atoms with van der Waals surface area (Å²) in [5.41, 5.74) is 1.84. The van der Waals surface area contributed by atoms with Crippen LogP contribution < -0.4 is 5.32 Å². The van der Waals surface area contributed by atoms with Gasteiger partial charge in [-0.05, 0) is 29.8 Å². The van der Waals surface area contributed by atoms with Crippen molar-refractivity contribution in [3.05, 3.63) is 75.5 Å². The molecule has 3 nitrogen and oxygen atoms in total. The summed E-state index contributed by atoms with van der Waals surface area (Å²) in [5, 5.41) is 3.56. The fourth-order valence-corrected chi connectivity index (χ4v) is 4.89. The average molecular weight is 390 g/mol. The second kappa shape index (κ2) is 8.61. The van der Waals surface area contributed by atoms with Crippen molar-refractivity contribution in [2.24, 2.45) is 0 Å². The summed E-state index contributed by atoms with van der Waals surface area (Å²) < 4.78 is 0.886. The largest absolute Gasteiger partial charge is 0.325 e. The summed E-state index contributed by atoms with van der Waals surface area (Å²) >= 11 is 8.87. The number of hydrogen-bond acceptors (Lipinski definition) is 4. The van der Waals surface area contributed by atoms with Crippen LogP contribution in [0.2, 0.25) is 5.02 Å². The van der Waals surface area contributed by atoms with Crippen LogP contribution in [-0.4, -0.2) is 17.4 Å². The predicted octanol–water partition coefficient (Wildman–Crippen LogP) is 5.30. The van der Waals surface area contributed by atoms with Gasteiger partial charge in [0, 0.05) is 32.7 Å². The lowest BCUT2D eigenvalue weighted by atomic mass is 10.1. The van der Waals surface area contributed by atoms with Crippen LogP contribution in [0.25, 0.3) is 0 Å². The lowest BCUT2D eigenvalue weighted by Crippen LogP contribution is -2.14. The van der Waals surface area contributed by atoms with Crippen LogP contribution in [0, 0.1) is 0 Å². The Morgan fingerprint density at radius 1 is 1.16 bits per heavy atom. The number of hydrogen-bond donors (Lipinski definition) is 1. The molecule has 6 heteroatoms. The number of carbonyl (C=O) groups is 2. The van der Waals surface area contributed by atoms with Crippen molar-refractivity contribution in [3.8, 4) is 0 Å². The molecule has 1 aliphatic heterocycles. The van der Waals surface area contributed by atoms with Crippen molar-refractivity contribution in [2.45, 2.75) is 11.7 Å². The molecule has 0 bridgehead atoms. The summed E-state index contributed by atoms with van der Waals surface area (Å²) in [6.07, 6.45) is 2.14. The Morgan fingerprint density at radius 3 is 2.60 bits per heavy atom. The number of rotatable bonds is 5. The number of allylic oxidation sites excluding steroid dienone is 1. The van der Waals surface area contributed by atoms with E-state index in [0.29, 0.717) is 17.1 Å². The van der Waals surface area contributed by atoms with Gasteiger partial charge in [-0.1, -0.05) is 41.9 Å². The van der Waals surface area contributed by atoms with E-state index in [1.165, 1.54) is 11.8 Å². The number of ketones is 1. The molecule has 3 rings (SSSR count). The monoisotopic (exact) mass is 389 g/mol. The van der Waals surface area contributed by atoms with Crippen molar-refractivity contribution in [1.29, 1.82) is 0 Å². The molecule has 0 aliphatic carbocycles. The van der Waals surface area contributed by atoms with Crippen LogP contribution in [0.4, 0.5) is 5.69 Å². The highest BCUT2D eigenvalue weighted by molar-refractivity contribution is 8.22. The van der Waals surface area contributed by atoms with Gasteiger partial charge in [-0.2, -0.15) is 0 Å². The normalized spacial score (nSPS) is 17.1.